The minimum Gasteiger partial charge on any atom is -0.339 e. The highest BCUT2D eigenvalue weighted by atomic mass is 16.2. The Balaban J connectivity index is 2.04. The summed E-state index contributed by atoms with van der Waals surface area (Å²) >= 11 is 0. The van der Waals surface area contributed by atoms with E-state index < -0.39 is 0 Å². The van der Waals surface area contributed by atoms with Crippen molar-refractivity contribution in [1.82, 2.24) is 4.90 Å². The van der Waals surface area contributed by atoms with E-state index in [1.54, 1.807) is 0 Å². The minimum atomic E-state index is 0.193. The van der Waals surface area contributed by atoms with Gasteiger partial charge in [-0.3, -0.25) is 4.79 Å². The summed E-state index contributed by atoms with van der Waals surface area (Å²) in [7, 11) is 0. The van der Waals surface area contributed by atoms with E-state index in [4.69, 9.17) is 5.73 Å². The lowest BCUT2D eigenvalue weighted by molar-refractivity contribution is -0.139. The van der Waals surface area contributed by atoms with Gasteiger partial charge in [0, 0.05) is 24.5 Å². The van der Waals surface area contributed by atoms with Gasteiger partial charge >= 0.3 is 0 Å². The molecule has 1 saturated carbocycles. The number of likely N-dealkylation sites (tertiary alicyclic amines) is 1. The predicted octanol–water partition coefficient (Wildman–Crippen LogP) is 2.54. The van der Waals surface area contributed by atoms with E-state index in [-0.39, 0.29) is 17.4 Å². The number of rotatable bonds is 3. The normalized spacial score (nSPS) is 32.8. The van der Waals surface area contributed by atoms with Crippen LogP contribution in [-0.2, 0) is 4.79 Å². The first-order valence-electron chi connectivity index (χ1n) is 7.48. The van der Waals surface area contributed by atoms with Gasteiger partial charge in [-0.2, -0.15) is 0 Å². The highest BCUT2D eigenvalue weighted by molar-refractivity contribution is 5.80. The molecule has 0 bridgehead atoms. The molecule has 0 aromatic rings. The third-order valence-corrected chi connectivity index (χ3v) is 4.86. The minimum absolute atomic E-state index is 0.193. The second-order valence-electron chi connectivity index (χ2n) is 6.97. The zero-order chi connectivity index (χ0) is 13.3. The Morgan fingerprint density at radius 1 is 1.39 bits per heavy atom. The number of hydrogen-bond acceptors (Lipinski definition) is 2. The van der Waals surface area contributed by atoms with Crippen LogP contribution in [0.2, 0.25) is 0 Å². The van der Waals surface area contributed by atoms with E-state index in [9.17, 15) is 4.79 Å². The molecule has 18 heavy (non-hydrogen) atoms. The van der Waals surface area contributed by atoms with Gasteiger partial charge in [-0.25, -0.2) is 0 Å². The van der Waals surface area contributed by atoms with E-state index in [0.29, 0.717) is 11.9 Å². The smallest absolute Gasteiger partial charge is 0.226 e. The number of carbonyl (C=O) groups excluding carboxylic acids is 1. The van der Waals surface area contributed by atoms with Crippen LogP contribution in [0.5, 0.6) is 0 Å². The third-order valence-electron chi connectivity index (χ3n) is 4.86. The fraction of sp³-hybridized carbons (Fsp3) is 0.933. The summed E-state index contributed by atoms with van der Waals surface area (Å²) in [6.07, 6.45) is 6.72. The van der Waals surface area contributed by atoms with Gasteiger partial charge in [-0.1, -0.05) is 20.3 Å². The van der Waals surface area contributed by atoms with Crippen molar-refractivity contribution >= 4 is 5.91 Å². The van der Waals surface area contributed by atoms with Crippen molar-refractivity contribution in [3.8, 4) is 0 Å². The van der Waals surface area contributed by atoms with Crippen molar-refractivity contribution in [2.24, 2.45) is 17.1 Å². The van der Waals surface area contributed by atoms with Crippen LogP contribution in [0.3, 0.4) is 0 Å². The van der Waals surface area contributed by atoms with Gasteiger partial charge in [0.2, 0.25) is 5.91 Å². The molecule has 2 rings (SSSR count). The molecule has 0 aromatic carbocycles. The molecule has 0 radical (unpaired) electrons. The second kappa shape index (κ2) is 5.20. The fourth-order valence-corrected chi connectivity index (χ4v) is 3.78. The van der Waals surface area contributed by atoms with Gasteiger partial charge in [-0.15, -0.1) is 0 Å². The molecule has 1 aliphatic carbocycles. The summed E-state index contributed by atoms with van der Waals surface area (Å²) in [6.45, 7) is 7.49. The predicted molar refractivity (Wildman–Crippen MR) is 74.1 cm³/mol. The van der Waals surface area contributed by atoms with Crippen molar-refractivity contribution in [3.63, 3.8) is 0 Å². The van der Waals surface area contributed by atoms with Gasteiger partial charge in [-0.05, 0) is 44.4 Å². The molecule has 3 heteroatoms. The Labute approximate surface area is 111 Å². The summed E-state index contributed by atoms with van der Waals surface area (Å²) in [6, 6.07) is 0.592. The highest BCUT2D eigenvalue weighted by Gasteiger charge is 2.43. The van der Waals surface area contributed by atoms with E-state index in [1.165, 1.54) is 12.8 Å². The van der Waals surface area contributed by atoms with E-state index in [1.807, 2.05) is 6.92 Å². The first kappa shape index (κ1) is 13.9. The molecule has 2 aliphatic rings. The molecule has 2 fully saturated rings. The van der Waals surface area contributed by atoms with Gasteiger partial charge in [0.1, 0.15) is 0 Å². The summed E-state index contributed by atoms with van der Waals surface area (Å²) in [5, 5.41) is 0. The van der Waals surface area contributed by atoms with Crippen LogP contribution in [0, 0.1) is 11.3 Å². The molecule has 1 amide bonds. The second-order valence-corrected chi connectivity index (χ2v) is 6.97. The van der Waals surface area contributed by atoms with Crippen molar-refractivity contribution in [2.75, 3.05) is 6.54 Å². The Morgan fingerprint density at radius 2 is 2.11 bits per heavy atom. The van der Waals surface area contributed by atoms with Crippen molar-refractivity contribution in [2.45, 2.75) is 71.4 Å². The average molecular weight is 252 g/mol. The van der Waals surface area contributed by atoms with Crippen molar-refractivity contribution in [1.29, 1.82) is 0 Å². The number of hydrogen-bond donors (Lipinski definition) is 1. The van der Waals surface area contributed by atoms with Crippen LogP contribution in [0.1, 0.15) is 59.3 Å². The van der Waals surface area contributed by atoms with Crippen LogP contribution in [0.15, 0.2) is 0 Å². The standard InChI is InChI=1S/C15H28N2O/c1-11(16)10-12-6-5-9-17(12)14(18)13-7-4-8-15(13,2)3/h11-13H,4-10,16H2,1-3H3. The zero-order valence-corrected chi connectivity index (χ0v) is 12.1. The largest absolute Gasteiger partial charge is 0.339 e. The molecule has 3 atom stereocenters. The Morgan fingerprint density at radius 3 is 2.67 bits per heavy atom. The lowest BCUT2D eigenvalue weighted by Gasteiger charge is -2.33. The summed E-state index contributed by atoms with van der Waals surface area (Å²) in [4.78, 5) is 14.9. The lowest BCUT2D eigenvalue weighted by atomic mass is 9.81. The molecular weight excluding hydrogens is 224 g/mol. The lowest BCUT2D eigenvalue weighted by Crippen LogP contribution is -2.44. The molecule has 104 valence electrons. The summed E-state index contributed by atoms with van der Waals surface area (Å²) in [5.41, 5.74) is 6.10. The van der Waals surface area contributed by atoms with Crippen LogP contribution >= 0.6 is 0 Å². The van der Waals surface area contributed by atoms with E-state index in [0.717, 1.165) is 32.2 Å². The Bertz CT molecular complexity index is 312. The van der Waals surface area contributed by atoms with Crippen LogP contribution in [0.25, 0.3) is 0 Å². The maximum Gasteiger partial charge on any atom is 0.226 e. The van der Waals surface area contributed by atoms with E-state index >= 15 is 0 Å². The zero-order valence-electron chi connectivity index (χ0n) is 12.1. The van der Waals surface area contributed by atoms with Crippen LogP contribution < -0.4 is 5.73 Å². The van der Waals surface area contributed by atoms with E-state index in [2.05, 4.69) is 18.7 Å². The van der Waals surface area contributed by atoms with Gasteiger partial charge in [0.25, 0.3) is 0 Å². The molecular formula is C15H28N2O. The topological polar surface area (TPSA) is 46.3 Å². The maximum absolute atomic E-state index is 12.7. The fourth-order valence-electron chi connectivity index (χ4n) is 3.78. The quantitative estimate of drug-likeness (QED) is 0.839. The number of nitrogens with two attached hydrogens (primary N) is 1. The Kier molecular flexibility index (Phi) is 4.00. The summed E-state index contributed by atoms with van der Waals surface area (Å²) < 4.78 is 0. The molecule has 1 saturated heterocycles. The first-order chi connectivity index (χ1) is 8.42. The molecule has 1 aliphatic heterocycles. The van der Waals surface area contributed by atoms with Crippen molar-refractivity contribution < 1.29 is 4.79 Å². The first-order valence-corrected chi connectivity index (χ1v) is 7.48. The van der Waals surface area contributed by atoms with Gasteiger partial charge in [0.05, 0.1) is 0 Å². The van der Waals surface area contributed by atoms with Crippen LogP contribution in [0.4, 0.5) is 0 Å². The monoisotopic (exact) mass is 252 g/mol. The number of amides is 1. The van der Waals surface area contributed by atoms with Crippen LogP contribution in [-0.4, -0.2) is 29.4 Å². The van der Waals surface area contributed by atoms with Gasteiger partial charge in [0.15, 0.2) is 0 Å². The third kappa shape index (κ3) is 2.71. The Hall–Kier alpha value is -0.570. The molecule has 0 aromatic heterocycles. The maximum atomic E-state index is 12.7. The number of carbonyl (C=O) groups is 1. The van der Waals surface area contributed by atoms with Crippen molar-refractivity contribution in [3.05, 3.63) is 0 Å². The molecule has 0 spiro atoms. The number of nitrogens with zero attached hydrogens (tertiary/aromatic N) is 1. The molecule has 3 unspecified atom stereocenters. The SMILES string of the molecule is CC(N)CC1CCCN1C(=O)C1CCCC1(C)C. The highest BCUT2D eigenvalue weighted by Crippen LogP contribution is 2.44. The molecule has 1 heterocycles. The molecule has 3 nitrogen and oxygen atoms in total. The summed E-state index contributed by atoms with van der Waals surface area (Å²) in [5.74, 6) is 0.645. The molecule has 2 N–H and O–H groups in total. The van der Waals surface area contributed by atoms with Gasteiger partial charge < -0.3 is 10.6 Å². The average Bonchev–Trinajstić information content (AvgIpc) is 2.82.